The maximum absolute atomic E-state index is 12.0. The molecule has 4 nitrogen and oxygen atoms in total. The molecule has 6 heteroatoms. The maximum atomic E-state index is 12.0. The quantitative estimate of drug-likeness (QED) is 0.312. The van der Waals surface area contributed by atoms with Crippen LogP contribution in [0, 0.1) is 0 Å². The lowest BCUT2D eigenvalue weighted by Gasteiger charge is -2.00. The third-order valence-electron chi connectivity index (χ3n) is 3.78. The van der Waals surface area contributed by atoms with Crippen LogP contribution >= 0.6 is 23.1 Å². The summed E-state index contributed by atoms with van der Waals surface area (Å²) in [5.74, 6) is 0.140. The minimum Gasteiger partial charge on any atom is -0.272 e. The van der Waals surface area contributed by atoms with E-state index in [4.69, 9.17) is 0 Å². The van der Waals surface area contributed by atoms with E-state index in [0.29, 0.717) is 0 Å². The van der Waals surface area contributed by atoms with Crippen LogP contribution in [0.15, 0.2) is 76.2 Å². The number of rotatable bonds is 5. The van der Waals surface area contributed by atoms with E-state index < -0.39 is 0 Å². The molecule has 0 radical (unpaired) electrons. The minimum atomic E-state index is -0.147. The fraction of sp³-hybridized carbons (Fsp3) is 0.0500. The highest BCUT2D eigenvalue weighted by molar-refractivity contribution is 8.01. The molecule has 1 aromatic heterocycles. The van der Waals surface area contributed by atoms with Crippen molar-refractivity contribution in [3.05, 3.63) is 72.3 Å². The van der Waals surface area contributed by atoms with Gasteiger partial charge in [-0.3, -0.25) is 4.79 Å². The molecule has 0 fully saturated rings. The Morgan fingerprint density at radius 1 is 1.08 bits per heavy atom. The Balaban J connectivity index is 1.33. The van der Waals surface area contributed by atoms with Crippen LogP contribution in [0.3, 0.4) is 0 Å². The molecule has 1 heterocycles. The number of fused-ring (bicyclic) bond motifs is 2. The summed E-state index contributed by atoms with van der Waals surface area (Å²) in [4.78, 5) is 16.5. The first-order valence-electron chi connectivity index (χ1n) is 8.07. The van der Waals surface area contributed by atoms with Gasteiger partial charge in [-0.2, -0.15) is 5.10 Å². The van der Waals surface area contributed by atoms with Gasteiger partial charge in [0, 0.05) is 0 Å². The Labute approximate surface area is 159 Å². The Bertz CT molecular complexity index is 1070. The van der Waals surface area contributed by atoms with Gasteiger partial charge in [0.2, 0.25) is 0 Å². The highest BCUT2D eigenvalue weighted by Gasteiger charge is 2.06. The van der Waals surface area contributed by atoms with Crippen molar-refractivity contribution < 1.29 is 4.79 Å². The predicted molar refractivity (Wildman–Crippen MR) is 110 cm³/mol. The van der Waals surface area contributed by atoms with Crippen LogP contribution < -0.4 is 5.43 Å². The molecule has 3 aromatic carbocycles. The van der Waals surface area contributed by atoms with Gasteiger partial charge in [-0.15, -0.1) is 11.3 Å². The number of para-hydroxylation sites is 1. The molecule has 4 rings (SSSR count). The minimum absolute atomic E-state index is 0.147. The molecule has 0 spiro atoms. The number of thiazole rings is 1. The molecule has 0 aliphatic carbocycles. The number of amides is 1. The first-order chi connectivity index (χ1) is 12.8. The number of carbonyl (C=O) groups excluding carboxylic acids is 1. The summed E-state index contributed by atoms with van der Waals surface area (Å²) in [6.07, 6.45) is 1.66. The summed E-state index contributed by atoms with van der Waals surface area (Å²) in [6, 6.07) is 22.2. The Morgan fingerprint density at radius 3 is 2.77 bits per heavy atom. The lowest BCUT2D eigenvalue weighted by atomic mass is 10.1. The summed E-state index contributed by atoms with van der Waals surface area (Å²) in [7, 11) is 0. The number of benzene rings is 3. The van der Waals surface area contributed by atoms with E-state index in [2.05, 4.69) is 27.6 Å². The lowest BCUT2D eigenvalue weighted by molar-refractivity contribution is -0.118. The van der Waals surface area contributed by atoms with E-state index in [1.54, 1.807) is 17.6 Å². The normalized spacial score (nSPS) is 11.4. The molecule has 26 heavy (non-hydrogen) atoms. The number of aromatic nitrogens is 1. The molecule has 128 valence electrons. The van der Waals surface area contributed by atoms with Crippen LogP contribution in [0.1, 0.15) is 5.56 Å². The molecule has 0 aliphatic rings. The highest BCUT2D eigenvalue weighted by atomic mass is 32.2. The zero-order valence-corrected chi connectivity index (χ0v) is 15.4. The van der Waals surface area contributed by atoms with Crippen molar-refractivity contribution in [3.8, 4) is 0 Å². The summed E-state index contributed by atoms with van der Waals surface area (Å²) in [5, 5.41) is 6.38. The summed E-state index contributed by atoms with van der Waals surface area (Å²) < 4.78 is 2.02. The molecular formula is C20H15N3OS2. The van der Waals surface area contributed by atoms with Crippen molar-refractivity contribution in [2.24, 2.45) is 5.10 Å². The Kier molecular flexibility index (Phi) is 4.95. The second kappa shape index (κ2) is 7.68. The van der Waals surface area contributed by atoms with Crippen molar-refractivity contribution in [1.29, 1.82) is 0 Å². The number of nitrogens with zero attached hydrogens (tertiary/aromatic N) is 2. The van der Waals surface area contributed by atoms with Gasteiger partial charge >= 0.3 is 0 Å². The largest absolute Gasteiger partial charge is 0.272 e. The first kappa shape index (κ1) is 16.8. The fourth-order valence-electron chi connectivity index (χ4n) is 2.54. The maximum Gasteiger partial charge on any atom is 0.250 e. The van der Waals surface area contributed by atoms with E-state index in [1.807, 2.05) is 54.6 Å². The standard InChI is InChI=1S/C20H15N3OS2/c24-19(13-25-20-22-17-7-3-4-8-18(17)26-20)23-21-12-14-9-10-15-5-1-2-6-16(15)11-14/h1-12H,13H2,(H,23,24)/b21-12+. The molecule has 0 bridgehead atoms. The fourth-order valence-corrected chi connectivity index (χ4v) is 4.40. The van der Waals surface area contributed by atoms with Crippen LogP contribution in [-0.2, 0) is 4.79 Å². The molecule has 0 saturated heterocycles. The molecule has 1 amide bonds. The van der Waals surface area contributed by atoms with Crippen LogP contribution in [0.5, 0.6) is 0 Å². The zero-order chi connectivity index (χ0) is 17.8. The van der Waals surface area contributed by atoms with Gasteiger partial charge in [0.15, 0.2) is 4.34 Å². The SMILES string of the molecule is O=C(CSc1nc2ccccc2s1)N/N=C/c1ccc2ccccc2c1. The average molecular weight is 377 g/mol. The Morgan fingerprint density at radius 2 is 1.88 bits per heavy atom. The predicted octanol–water partition coefficient (Wildman–Crippen LogP) is 4.69. The summed E-state index contributed by atoms with van der Waals surface area (Å²) in [5.41, 5.74) is 4.48. The number of hydrogen-bond donors (Lipinski definition) is 1. The second-order valence-electron chi connectivity index (χ2n) is 5.64. The van der Waals surface area contributed by atoms with Crippen molar-refractivity contribution in [2.45, 2.75) is 4.34 Å². The number of hydrogen-bond acceptors (Lipinski definition) is 5. The third-order valence-corrected chi connectivity index (χ3v) is 5.96. The summed E-state index contributed by atoms with van der Waals surface area (Å²) >= 11 is 3.02. The Hall–Kier alpha value is -2.70. The lowest BCUT2D eigenvalue weighted by Crippen LogP contribution is -2.19. The number of nitrogens with one attached hydrogen (secondary N) is 1. The molecule has 0 saturated carbocycles. The van der Waals surface area contributed by atoms with E-state index in [0.717, 1.165) is 25.5 Å². The highest BCUT2D eigenvalue weighted by Crippen LogP contribution is 2.28. The van der Waals surface area contributed by atoms with Gasteiger partial charge in [0.1, 0.15) is 0 Å². The van der Waals surface area contributed by atoms with E-state index in [1.165, 1.54) is 17.1 Å². The zero-order valence-electron chi connectivity index (χ0n) is 13.8. The monoisotopic (exact) mass is 377 g/mol. The van der Waals surface area contributed by atoms with Crippen molar-refractivity contribution in [2.75, 3.05) is 5.75 Å². The van der Waals surface area contributed by atoms with Crippen LogP contribution in [0.4, 0.5) is 0 Å². The van der Waals surface area contributed by atoms with Crippen molar-refractivity contribution in [3.63, 3.8) is 0 Å². The number of carbonyl (C=O) groups is 1. The number of thioether (sulfide) groups is 1. The van der Waals surface area contributed by atoms with Gasteiger partial charge < -0.3 is 0 Å². The third kappa shape index (κ3) is 3.92. The number of hydrazone groups is 1. The summed E-state index contributed by atoms with van der Waals surface area (Å²) in [6.45, 7) is 0. The molecule has 1 N–H and O–H groups in total. The second-order valence-corrected chi connectivity index (χ2v) is 7.89. The van der Waals surface area contributed by atoms with Crippen LogP contribution in [0.2, 0.25) is 0 Å². The molecular weight excluding hydrogens is 362 g/mol. The van der Waals surface area contributed by atoms with Gasteiger partial charge in [-0.1, -0.05) is 60.3 Å². The van der Waals surface area contributed by atoms with Crippen molar-refractivity contribution in [1.82, 2.24) is 10.4 Å². The molecule has 0 unspecified atom stereocenters. The van der Waals surface area contributed by atoms with Gasteiger partial charge in [0.25, 0.3) is 5.91 Å². The van der Waals surface area contributed by atoms with Gasteiger partial charge in [-0.05, 0) is 34.5 Å². The van der Waals surface area contributed by atoms with E-state index in [-0.39, 0.29) is 11.7 Å². The topological polar surface area (TPSA) is 54.4 Å². The van der Waals surface area contributed by atoms with Crippen LogP contribution in [0.25, 0.3) is 21.0 Å². The molecule has 0 aliphatic heterocycles. The van der Waals surface area contributed by atoms with Gasteiger partial charge in [-0.25, -0.2) is 10.4 Å². The molecule has 0 atom stereocenters. The first-order valence-corrected chi connectivity index (χ1v) is 9.87. The van der Waals surface area contributed by atoms with Gasteiger partial charge in [0.05, 0.1) is 22.2 Å². The molecule has 4 aromatic rings. The van der Waals surface area contributed by atoms with E-state index in [9.17, 15) is 4.79 Å². The van der Waals surface area contributed by atoms with E-state index >= 15 is 0 Å². The smallest absolute Gasteiger partial charge is 0.250 e. The van der Waals surface area contributed by atoms with Crippen LogP contribution in [-0.4, -0.2) is 22.9 Å². The van der Waals surface area contributed by atoms with Crippen molar-refractivity contribution >= 4 is 56.2 Å². The average Bonchev–Trinajstić information content (AvgIpc) is 3.09.